The molecule has 2 aromatic heterocycles. The molecular formula is C9H11N3. The van der Waals surface area contributed by atoms with Crippen molar-refractivity contribution in [2.45, 2.75) is 6.54 Å². The quantitative estimate of drug-likeness (QED) is 0.713. The maximum Gasteiger partial charge on any atom is 0.127 e. The minimum atomic E-state index is 0.804. The molecule has 0 aliphatic rings. The van der Waals surface area contributed by atoms with Gasteiger partial charge in [-0.3, -0.25) is 0 Å². The highest BCUT2D eigenvalue weighted by Crippen LogP contribution is 2.04. The van der Waals surface area contributed by atoms with Gasteiger partial charge in [-0.05, 0) is 19.2 Å². The maximum atomic E-state index is 4.29. The minimum Gasteiger partial charge on any atom is -0.313 e. The van der Waals surface area contributed by atoms with E-state index in [1.807, 2.05) is 37.6 Å². The first-order valence-corrected chi connectivity index (χ1v) is 3.97. The number of imidazole rings is 1. The second-order valence-electron chi connectivity index (χ2n) is 2.70. The lowest BCUT2D eigenvalue weighted by Gasteiger charge is -1.98. The van der Waals surface area contributed by atoms with E-state index in [-0.39, 0.29) is 0 Å². The number of aromatic nitrogens is 2. The van der Waals surface area contributed by atoms with E-state index in [0.29, 0.717) is 0 Å². The molecule has 2 aromatic rings. The summed E-state index contributed by atoms with van der Waals surface area (Å²) in [6, 6.07) is 6.07. The number of pyridine rings is 1. The molecule has 0 unspecified atom stereocenters. The Bertz CT molecular complexity index is 378. The summed E-state index contributed by atoms with van der Waals surface area (Å²) >= 11 is 0. The zero-order valence-electron chi connectivity index (χ0n) is 6.99. The molecule has 2 heterocycles. The number of rotatable bonds is 2. The fraction of sp³-hybridized carbons (Fsp3) is 0.222. The first-order valence-electron chi connectivity index (χ1n) is 3.97. The Labute approximate surface area is 71.0 Å². The van der Waals surface area contributed by atoms with Crippen molar-refractivity contribution in [3.8, 4) is 0 Å². The molecule has 62 valence electrons. The Morgan fingerprint density at radius 1 is 1.50 bits per heavy atom. The summed E-state index contributed by atoms with van der Waals surface area (Å²) in [5.41, 5.74) is 1.14. The average Bonchev–Trinajstić information content (AvgIpc) is 2.50. The Morgan fingerprint density at radius 2 is 2.42 bits per heavy atom. The van der Waals surface area contributed by atoms with Crippen LogP contribution in [0.4, 0.5) is 0 Å². The Balaban J connectivity index is 2.55. The van der Waals surface area contributed by atoms with Crippen molar-refractivity contribution in [1.82, 2.24) is 14.7 Å². The lowest BCUT2D eigenvalue weighted by molar-refractivity contribution is 0.755. The van der Waals surface area contributed by atoms with E-state index in [1.54, 1.807) is 0 Å². The fourth-order valence-corrected chi connectivity index (χ4v) is 1.29. The number of fused-ring (bicyclic) bond motifs is 1. The highest BCUT2D eigenvalue weighted by atomic mass is 15.0. The Kier molecular flexibility index (Phi) is 1.80. The van der Waals surface area contributed by atoms with Gasteiger partial charge in [0.2, 0.25) is 0 Å². The molecule has 0 amide bonds. The predicted octanol–water partition coefficient (Wildman–Crippen LogP) is 1.05. The van der Waals surface area contributed by atoms with E-state index in [4.69, 9.17) is 0 Å². The van der Waals surface area contributed by atoms with Gasteiger partial charge < -0.3 is 9.72 Å². The molecule has 0 bridgehead atoms. The molecule has 0 atom stereocenters. The van der Waals surface area contributed by atoms with Crippen molar-refractivity contribution >= 4 is 5.52 Å². The molecule has 12 heavy (non-hydrogen) atoms. The van der Waals surface area contributed by atoms with E-state index in [1.165, 1.54) is 0 Å². The fourth-order valence-electron chi connectivity index (χ4n) is 1.29. The van der Waals surface area contributed by atoms with Crippen molar-refractivity contribution in [2.75, 3.05) is 7.05 Å². The van der Waals surface area contributed by atoms with E-state index in [0.717, 1.165) is 17.9 Å². The number of hydrogen-bond acceptors (Lipinski definition) is 2. The van der Waals surface area contributed by atoms with Gasteiger partial charge in [0, 0.05) is 6.20 Å². The van der Waals surface area contributed by atoms with Crippen LogP contribution in [0.15, 0.2) is 30.6 Å². The monoisotopic (exact) mass is 161 g/mol. The summed E-state index contributed by atoms with van der Waals surface area (Å²) in [4.78, 5) is 4.29. The lowest BCUT2D eigenvalue weighted by Crippen LogP contribution is -2.08. The van der Waals surface area contributed by atoms with E-state index in [9.17, 15) is 0 Å². The van der Waals surface area contributed by atoms with Crippen LogP contribution in [-0.2, 0) is 6.54 Å². The maximum absolute atomic E-state index is 4.29. The highest BCUT2D eigenvalue weighted by Gasteiger charge is 1.99. The molecule has 3 nitrogen and oxygen atoms in total. The van der Waals surface area contributed by atoms with Crippen molar-refractivity contribution in [3.63, 3.8) is 0 Å². The molecule has 0 saturated heterocycles. The van der Waals surface area contributed by atoms with Gasteiger partial charge in [-0.2, -0.15) is 0 Å². The highest BCUT2D eigenvalue weighted by molar-refractivity contribution is 5.45. The third-order valence-corrected chi connectivity index (χ3v) is 1.85. The summed E-state index contributed by atoms with van der Waals surface area (Å²) in [5.74, 6) is 1.05. The minimum absolute atomic E-state index is 0.804. The molecule has 0 radical (unpaired) electrons. The van der Waals surface area contributed by atoms with Gasteiger partial charge in [0.15, 0.2) is 0 Å². The molecule has 0 aliphatic heterocycles. The van der Waals surface area contributed by atoms with E-state index >= 15 is 0 Å². The molecule has 0 fully saturated rings. The molecular weight excluding hydrogens is 150 g/mol. The summed E-state index contributed by atoms with van der Waals surface area (Å²) in [6.45, 7) is 0.804. The summed E-state index contributed by atoms with van der Waals surface area (Å²) in [6.07, 6.45) is 3.90. The van der Waals surface area contributed by atoms with Crippen molar-refractivity contribution in [2.24, 2.45) is 0 Å². The molecule has 0 aromatic carbocycles. The molecule has 3 heteroatoms. The number of nitrogens with one attached hydrogen (secondary N) is 1. The van der Waals surface area contributed by atoms with Crippen molar-refractivity contribution in [3.05, 3.63) is 36.4 Å². The van der Waals surface area contributed by atoms with Gasteiger partial charge in [-0.1, -0.05) is 6.07 Å². The predicted molar refractivity (Wildman–Crippen MR) is 48.0 cm³/mol. The molecule has 1 N–H and O–H groups in total. The van der Waals surface area contributed by atoms with Gasteiger partial charge >= 0.3 is 0 Å². The van der Waals surface area contributed by atoms with Gasteiger partial charge in [0.1, 0.15) is 5.82 Å². The third-order valence-electron chi connectivity index (χ3n) is 1.85. The Hall–Kier alpha value is -1.35. The molecule has 0 aliphatic carbocycles. The van der Waals surface area contributed by atoms with Gasteiger partial charge in [0.05, 0.1) is 18.3 Å². The molecule has 0 spiro atoms. The number of nitrogens with zero attached hydrogens (tertiary/aromatic N) is 2. The topological polar surface area (TPSA) is 29.3 Å². The van der Waals surface area contributed by atoms with Crippen LogP contribution in [0.1, 0.15) is 5.82 Å². The Morgan fingerprint density at radius 3 is 3.25 bits per heavy atom. The normalized spacial score (nSPS) is 10.8. The van der Waals surface area contributed by atoms with Crippen LogP contribution in [0.5, 0.6) is 0 Å². The van der Waals surface area contributed by atoms with Crippen LogP contribution in [0.3, 0.4) is 0 Å². The second-order valence-corrected chi connectivity index (χ2v) is 2.70. The standard InChI is InChI=1S/C9H11N3/c1-10-7-9-11-6-8-4-2-3-5-12(8)9/h2-6,10H,7H2,1H3. The van der Waals surface area contributed by atoms with Crippen LogP contribution >= 0.6 is 0 Å². The lowest BCUT2D eigenvalue weighted by atomic mass is 10.4. The van der Waals surface area contributed by atoms with Crippen molar-refractivity contribution < 1.29 is 0 Å². The summed E-state index contributed by atoms with van der Waals surface area (Å²) < 4.78 is 2.08. The van der Waals surface area contributed by atoms with Crippen LogP contribution in [0.25, 0.3) is 5.52 Å². The molecule has 2 rings (SSSR count). The zero-order valence-corrected chi connectivity index (χ0v) is 6.99. The zero-order chi connectivity index (χ0) is 8.39. The van der Waals surface area contributed by atoms with Crippen LogP contribution in [-0.4, -0.2) is 16.4 Å². The average molecular weight is 161 g/mol. The van der Waals surface area contributed by atoms with Gasteiger partial charge in [0.25, 0.3) is 0 Å². The van der Waals surface area contributed by atoms with Crippen LogP contribution in [0, 0.1) is 0 Å². The van der Waals surface area contributed by atoms with Crippen LogP contribution in [0.2, 0.25) is 0 Å². The summed E-state index contributed by atoms with van der Waals surface area (Å²) in [7, 11) is 1.92. The number of hydrogen-bond donors (Lipinski definition) is 1. The largest absolute Gasteiger partial charge is 0.313 e. The third kappa shape index (κ3) is 1.08. The summed E-state index contributed by atoms with van der Waals surface area (Å²) in [5, 5.41) is 3.08. The first-order chi connectivity index (χ1) is 5.92. The second kappa shape index (κ2) is 2.95. The first kappa shape index (κ1) is 7.31. The van der Waals surface area contributed by atoms with Gasteiger partial charge in [-0.25, -0.2) is 4.98 Å². The SMILES string of the molecule is CNCc1ncc2ccccn12. The molecule has 0 saturated carbocycles. The smallest absolute Gasteiger partial charge is 0.127 e. The van der Waals surface area contributed by atoms with Gasteiger partial charge in [-0.15, -0.1) is 0 Å². The van der Waals surface area contributed by atoms with Crippen LogP contribution < -0.4 is 5.32 Å². The van der Waals surface area contributed by atoms with E-state index < -0.39 is 0 Å². The van der Waals surface area contributed by atoms with Crippen molar-refractivity contribution in [1.29, 1.82) is 0 Å². The van der Waals surface area contributed by atoms with E-state index in [2.05, 4.69) is 14.7 Å².